The second kappa shape index (κ2) is 2.18. The van der Waals surface area contributed by atoms with Crippen molar-refractivity contribution in [3.63, 3.8) is 0 Å². The van der Waals surface area contributed by atoms with E-state index in [1.807, 2.05) is 0 Å². The largest absolute Gasteiger partial charge is 0.618 e. The highest BCUT2D eigenvalue weighted by atomic mass is 79.9. The summed E-state index contributed by atoms with van der Waals surface area (Å²) in [5.41, 5.74) is -0.409. The number of nitrogens with zero attached hydrogens (tertiary/aromatic N) is 1. The Bertz CT molecular complexity index is 270. The van der Waals surface area contributed by atoms with E-state index in [9.17, 15) is 10.0 Å². The average molecular weight is 191 g/mol. The fourth-order valence-electron chi connectivity index (χ4n) is 0.400. The van der Waals surface area contributed by atoms with Gasteiger partial charge in [-0.05, 0) is 0 Å². The van der Waals surface area contributed by atoms with Crippen LogP contribution in [0.4, 0.5) is 0 Å². The van der Waals surface area contributed by atoms with Crippen molar-refractivity contribution in [3.8, 4) is 0 Å². The van der Waals surface area contributed by atoms with Crippen LogP contribution in [0.5, 0.6) is 0 Å². The monoisotopic (exact) mass is 190 g/mol. The molecular formula is C4H3BrN2O2. The fraction of sp³-hybridized carbons (Fsp3) is 0. The molecule has 0 unspecified atom stereocenters. The number of hydrogen-bond donors (Lipinski definition) is 1. The zero-order chi connectivity index (χ0) is 6.85. The van der Waals surface area contributed by atoms with Gasteiger partial charge in [0.2, 0.25) is 6.20 Å². The summed E-state index contributed by atoms with van der Waals surface area (Å²) in [7, 11) is 0. The molecule has 4 nitrogen and oxygen atoms in total. The fourth-order valence-corrected chi connectivity index (χ4v) is 0.617. The molecule has 0 radical (unpaired) electrons. The normalized spacial score (nSPS) is 9.44. The van der Waals surface area contributed by atoms with Crippen molar-refractivity contribution in [1.82, 2.24) is 4.98 Å². The van der Waals surface area contributed by atoms with Gasteiger partial charge in [-0.15, -0.1) is 0 Å². The maximum atomic E-state index is 10.5. The highest BCUT2D eigenvalue weighted by molar-refractivity contribution is 9.10. The van der Waals surface area contributed by atoms with Crippen LogP contribution in [0.1, 0.15) is 0 Å². The van der Waals surface area contributed by atoms with Gasteiger partial charge in [-0.1, -0.05) is 0 Å². The minimum atomic E-state index is -0.409. The van der Waals surface area contributed by atoms with Crippen molar-refractivity contribution >= 4 is 15.9 Å². The molecule has 0 spiro atoms. The SMILES string of the molecule is O=c1c[n+]([O-])c(Br)c[nH]1. The highest BCUT2D eigenvalue weighted by Crippen LogP contribution is 1.94. The minimum absolute atomic E-state index is 0.294. The lowest BCUT2D eigenvalue weighted by atomic mass is 10.7. The molecule has 0 bridgehead atoms. The summed E-state index contributed by atoms with van der Waals surface area (Å²) in [6, 6.07) is 0. The van der Waals surface area contributed by atoms with E-state index in [0.717, 1.165) is 6.20 Å². The first-order valence-electron chi connectivity index (χ1n) is 2.17. The molecule has 0 atom stereocenters. The molecule has 0 aromatic carbocycles. The van der Waals surface area contributed by atoms with Crippen molar-refractivity contribution in [2.75, 3.05) is 0 Å². The maximum absolute atomic E-state index is 10.5. The third-order valence-electron chi connectivity index (χ3n) is 0.779. The van der Waals surface area contributed by atoms with E-state index in [-0.39, 0.29) is 0 Å². The summed E-state index contributed by atoms with van der Waals surface area (Å²) >= 11 is 2.91. The Labute approximate surface area is 58.9 Å². The van der Waals surface area contributed by atoms with Gasteiger partial charge in [0.05, 0.1) is 6.20 Å². The summed E-state index contributed by atoms with van der Waals surface area (Å²) in [5.74, 6) is 0. The molecule has 5 heteroatoms. The second-order valence-corrected chi connectivity index (χ2v) is 2.24. The Morgan fingerprint density at radius 2 is 2.44 bits per heavy atom. The first-order chi connectivity index (χ1) is 4.20. The number of rotatable bonds is 0. The Morgan fingerprint density at radius 3 is 2.89 bits per heavy atom. The molecule has 1 aromatic heterocycles. The van der Waals surface area contributed by atoms with Gasteiger partial charge in [0.1, 0.15) is 0 Å². The third kappa shape index (κ3) is 1.29. The number of aromatic amines is 1. The number of aromatic nitrogens is 2. The Hall–Kier alpha value is -0.840. The molecule has 0 saturated carbocycles. The van der Waals surface area contributed by atoms with Crippen molar-refractivity contribution in [3.05, 3.63) is 32.6 Å². The Kier molecular flexibility index (Phi) is 1.52. The molecule has 9 heavy (non-hydrogen) atoms. The lowest BCUT2D eigenvalue weighted by Crippen LogP contribution is -2.32. The molecule has 1 heterocycles. The number of hydrogen-bond acceptors (Lipinski definition) is 2. The topological polar surface area (TPSA) is 59.8 Å². The summed E-state index contributed by atoms with van der Waals surface area (Å²) in [5, 5.41) is 10.5. The lowest BCUT2D eigenvalue weighted by Gasteiger charge is -1.93. The molecule has 0 aliphatic carbocycles. The van der Waals surface area contributed by atoms with Gasteiger partial charge in [0.15, 0.2) is 0 Å². The van der Waals surface area contributed by atoms with Gasteiger partial charge >= 0.3 is 5.56 Å². The van der Waals surface area contributed by atoms with Crippen LogP contribution in [0.2, 0.25) is 0 Å². The van der Waals surface area contributed by atoms with E-state index in [1.54, 1.807) is 0 Å². The summed E-state index contributed by atoms with van der Waals surface area (Å²) in [4.78, 5) is 12.7. The Morgan fingerprint density at radius 1 is 1.78 bits per heavy atom. The van der Waals surface area contributed by atoms with Crippen molar-refractivity contribution in [2.24, 2.45) is 0 Å². The van der Waals surface area contributed by atoms with Crippen LogP contribution in [0.25, 0.3) is 0 Å². The van der Waals surface area contributed by atoms with Gasteiger partial charge in [0.25, 0.3) is 4.60 Å². The lowest BCUT2D eigenvalue weighted by molar-refractivity contribution is -0.618. The quantitative estimate of drug-likeness (QED) is 0.454. The number of nitrogens with one attached hydrogen (secondary N) is 1. The van der Waals surface area contributed by atoms with Crippen LogP contribution in [0.15, 0.2) is 21.8 Å². The highest BCUT2D eigenvalue weighted by Gasteiger charge is 1.97. The van der Waals surface area contributed by atoms with E-state index in [1.165, 1.54) is 6.20 Å². The molecule has 0 aliphatic rings. The summed E-state index contributed by atoms with van der Waals surface area (Å²) in [6.07, 6.45) is 2.19. The van der Waals surface area contributed by atoms with E-state index in [4.69, 9.17) is 0 Å². The van der Waals surface area contributed by atoms with Gasteiger partial charge in [-0.2, -0.15) is 4.73 Å². The van der Waals surface area contributed by atoms with Gasteiger partial charge in [-0.25, -0.2) is 0 Å². The zero-order valence-corrected chi connectivity index (χ0v) is 5.88. The standard InChI is InChI=1S/C4H3BrN2O2/c5-3-1-6-4(8)2-7(3)9/h1-2H,(H,6,8). The minimum Gasteiger partial charge on any atom is -0.618 e. The molecule has 0 saturated heterocycles. The van der Waals surface area contributed by atoms with Crippen molar-refractivity contribution in [2.45, 2.75) is 0 Å². The number of halogens is 1. The second-order valence-electron chi connectivity index (χ2n) is 1.43. The number of H-pyrrole nitrogens is 1. The van der Waals surface area contributed by atoms with Crippen LogP contribution in [-0.4, -0.2) is 4.98 Å². The van der Waals surface area contributed by atoms with Crippen molar-refractivity contribution in [1.29, 1.82) is 0 Å². The molecule has 1 N–H and O–H groups in total. The molecule has 0 aliphatic heterocycles. The van der Waals surface area contributed by atoms with Crippen LogP contribution >= 0.6 is 15.9 Å². The summed E-state index contributed by atoms with van der Waals surface area (Å²) < 4.78 is 0.737. The molecule has 1 rings (SSSR count). The molecule has 0 fully saturated rings. The average Bonchev–Trinajstić information content (AvgIpc) is 1.80. The molecular weight excluding hydrogens is 188 g/mol. The molecule has 48 valence electrons. The summed E-state index contributed by atoms with van der Waals surface area (Å²) in [6.45, 7) is 0. The smallest absolute Gasteiger partial charge is 0.313 e. The van der Waals surface area contributed by atoms with Gasteiger partial charge < -0.3 is 10.2 Å². The van der Waals surface area contributed by atoms with E-state index >= 15 is 0 Å². The van der Waals surface area contributed by atoms with Crippen molar-refractivity contribution < 1.29 is 4.73 Å². The maximum Gasteiger partial charge on any atom is 0.313 e. The Balaban J connectivity index is 3.34. The van der Waals surface area contributed by atoms with Crippen LogP contribution in [-0.2, 0) is 0 Å². The van der Waals surface area contributed by atoms with Crippen LogP contribution in [0.3, 0.4) is 0 Å². The molecule has 0 amide bonds. The van der Waals surface area contributed by atoms with E-state index in [2.05, 4.69) is 20.9 Å². The van der Waals surface area contributed by atoms with Crippen LogP contribution < -0.4 is 10.3 Å². The predicted molar refractivity (Wildman–Crippen MR) is 33.7 cm³/mol. The van der Waals surface area contributed by atoms with E-state index < -0.39 is 5.56 Å². The first-order valence-corrected chi connectivity index (χ1v) is 2.97. The first kappa shape index (κ1) is 6.28. The third-order valence-corrected chi connectivity index (χ3v) is 1.36. The van der Waals surface area contributed by atoms with Gasteiger partial charge in [-0.3, -0.25) is 4.79 Å². The van der Waals surface area contributed by atoms with Crippen LogP contribution in [0, 0.1) is 5.21 Å². The zero-order valence-electron chi connectivity index (χ0n) is 4.30. The van der Waals surface area contributed by atoms with E-state index in [0.29, 0.717) is 9.33 Å². The predicted octanol–water partition coefficient (Wildman–Crippen LogP) is -0.229. The molecule has 1 aromatic rings. The van der Waals surface area contributed by atoms with Gasteiger partial charge in [0, 0.05) is 15.9 Å².